The number of nitrogens with one attached hydrogen (secondary N) is 1. The summed E-state index contributed by atoms with van der Waals surface area (Å²) in [4.78, 5) is 21.1. The maximum absolute atomic E-state index is 12.3. The summed E-state index contributed by atoms with van der Waals surface area (Å²) in [6.07, 6.45) is 6.72. The van der Waals surface area contributed by atoms with Crippen LogP contribution >= 0.6 is 0 Å². The summed E-state index contributed by atoms with van der Waals surface area (Å²) in [5, 5.41) is 12.1. The van der Waals surface area contributed by atoms with Gasteiger partial charge in [0.05, 0.1) is 11.7 Å². The summed E-state index contributed by atoms with van der Waals surface area (Å²) in [5.74, 6) is 2.38. The molecule has 1 aliphatic carbocycles. The first-order chi connectivity index (χ1) is 13.7. The Morgan fingerprint density at radius 3 is 2.64 bits per heavy atom. The highest BCUT2D eigenvalue weighted by Crippen LogP contribution is 2.31. The number of carbonyl (C=O) groups excluding carboxylic acids is 1. The molecule has 0 unspecified atom stereocenters. The number of nitrogens with zero attached hydrogens (tertiary/aromatic N) is 4. The lowest BCUT2D eigenvalue weighted by Crippen LogP contribution is -2.51. The van der Waals surface area contributed by atoms with E-state index in [1.54, 1.807) is 18.3 Å². The lowest BCUT2D eigenvalue weighted by Gasteiger charge is -2.38. The first kappa shape index (κ1) is 19.2. The highest BCUT2D eigenvalue weighted by atomic mass is 16.5. The van der Waals surface area contributed by atoms with E-state index in [1.807, 2.05) is 4.90 Å². The molecule has 1 amide bonds. The average Bonchev–Trinajstić information content (AvgIpc) is 3.54. The Morgan fingerprint density at radius 2 is 1.96 bits per heavy atom. The van der Waals surface area contributed by atoms with Gasteiger partial charge in [0.25, 0.3) is 0 Å². The van der Waals surface area contributed by atoms with Crippen molar-refractivity contribution in [2.45, 2.75) is 31.8 Å². The number of pyridine rings is 1. The maximum Gasteiger partial charge on any atom is 0.248 e. The zero-order valence-corrected chi connectivity index (χ0v) is 16.3. The van der Waals surface area contributed by atoms with Crippen molar-refractivity contribution < 1.29 is 9.53 Å². The molecular weight excluding hydrogens is 354 g/mol. The third-order valence-electron chi connectivity index (χ3n) is 6.02. The molecule has 3 heterocycles. The Morgan fingerprint density at radius 1 is 1.18 bits per heavy atom. The summed E-state index contributed by atoms with van der Waals surface area (Å²) in [6.45, 7) is 5.87. The fourth-order valence-electron chi connectivity index (χ4n) is 4.09. The molecule has 3 aliphatic rings. The zero-order chi connectivity index (χ0) is 19.3. The van der Waals surface area contributed by atoms with Crippen LogP contribution in [0.2, 0.25) is 0 Å². The SMILES string of the molecule is N#Cc1ccc(NC[C@@H]2CN(CC3CCN(CC4CC4)CC3)C(=O)CO2)nc1. The highest BCUT2D eigenvalue weighted by molar-refractivity contribution is 5.78. The molecular formula is C21H29N5O2. The van der Waals surface area contributed by atoms with Gasteiger partial charge in [-0.15, -0.1) is 0 Å². The third kappa shape index (κ3) is 5.21. The first-order valence-electron chi connectivity index (χ1n) is 10.4. The Hall–Kier alpha value is -2.17. The fraction of sp³-hybridized carbons (Fsp3) is 0.667. The van der Waals surface area contributed by atoms with Crippen LogP contribution in [-0.4, -0.2) is 72.7 Å². The van der Waals surface area contributed by atoms with E-state index in [2.05, 4.69) is 21.3 Å². The van der Waals surface area contributed by atoms with Gasteiger partial charge in [0.2, 0.25) is 5.91 Å². The largest absolute Gasteiger partial charge is 0.367 e. The molecule has 0 spiro atoms. The summed E-state index contributed by atoms with van der Waals surface area (Å²) < 4.78 is 5.70. The molecule has 1 saturated carbocycles. The minimum atomic E-state index is -0.0369. The number of likely N-dealkylation sites (tertiary alicyclic amines) is 1. The maximum atomic E-state index is 12.3. The van der Waals surface area contributed by atoms with E-state index >= 15 is 0 Å². The van der Waals surface area contributed by atoms with E-state index < -0.39 is 0 Å². The van der Waals surface area contributed by atoms with Crippen LogP contribution < -0.4 is 5.32 Å². The Kier molecular flexibility index (Phi) is 6.08. The molecule has 2 aliphatic heterocycles. The molecule has 7 nitrogen and oxygen atoms in total. The van der Waals surface area contributed by atoms with E-state index in [1.165, 1.54) is 45.3 Å². The van der Waals surface area contributed by atoms with Crippen LogP contribution in [0.25, 0.3) is 0 Å². The van der Waals surface area contributed by atoms with E-state index in [-0.39, 0.29) is 18.6 Å². The number of rotatable bonds is 7. The fourth-order valence-corrected chi connectivity index (χ4v) is 4.09. The van der Waals surface area contributed by atoms with Gasteiger partial charge in [-0.1, -0.05) is 0 Å². The molecule has 28 heavy (non-hydrogen) atoms. The van der Waals surface area contributed by atoms with Crippen LogP contribution in [-0.2, 0) is 9.53 Å². The lowest BCUT2D eigenvalue weighted by molar-refractivity contribution is -0.149. The minimum absolute atomic E-state index is 0.0369. The van der Waals surface area contributed by atoms with Crippen LogP contribution in [0, 0.1) is 23.2 Å². The van der Waals surface area contributed by atoms with Crippen molar-refractivity contribution in [3.05, 3.63) is 23.9 Å². The molecule has 1 atom stereocenters. The number of aromatic nitrogens is 1. The number of hydrogen-bond donors (Lipinski definition) is 1. The molecule has 0 aromatic carbocycles. The third-order valence-corrected chi connectivity index (χ3v) is 6.02. The minimum Gasteiger partial charge on any atom is -0.367 e. The molecule has 1 aromatic rings. The number of nitriles is 1. The van der Waals surface area contributed by atoms with Crippen molar-refractivity contribution in [1.29, 1.82) is 5.26 Å². The van der Waals surface area contributed by atoms with Gasteiger partial charge in [0.1, 0.15) is 18.5 Å². The Balaban J connectivity index is 1.21. The second-order valence-electron chi connectivity index (χ2n) is 8.34. The molecule has 1 N–H and O–H groups in total. The van der Waals surface area contributed by atoms with E-state index in [0.717, 1.165) is 12.5 Å². The number of carbonyl (C=O) groups is 1. The summed E-state index contributed by atoms with van der Waals surface area (Å²) in [5.41, 5.74) is 0.541. The van der Waals surface area contributed by atoms with Crippen molar-refractivity contribution in [2.75, 3.05) is 51.2 Å². The monoisotopic (exact) mass is 383 g/mol. The van der Waals surface area contributed by atoms with Gasteiger partial charge in [-0.05, 0) is 62.7 Å². The van der Waals surface area contributed by atoms with Gasteiger partial charge in [0.15, 0.2) is 0 Å². The smallest absolute Gasteiger partial charge is 0.248 e. The van der Waals surface area contributed by atoms with Crippen LogP contribution in [0.1, 0.15) is 31.2 Å². The second-order valence-corrected chi connectivity index (χ2v) is 8.34. The number of amides is 1. The molecule has 0 radical (unpaired) electrons. The van der Waals surface area contributed by atoms with Gasteiger partial charge in [-0.3, -0.25) is 4.79 Å². The summed E-state index contributed by atoms with van der Waals surface area (Å²) >= 11 is 0. The van der Waals surface area contributed by atoms with Gasteiger partial charge in [0, 0.05) is 32.4 Å². The molecule has 7 heteroatoms. The number of morpholine rings is 1. The number of anilines is 1. The number of hydrogen-bond acceptors (Lipinski definition) is 6. The predicted octanol–water partition coefficient (Wildman–Crippen LogP) is 1.71. The quantitative estimate of drug-likeness (QED) is 0.772. The number of piperidine rings is 1. The summed E-state index contributed by atoms with van der Waals surface area (Å²) in [7, 11) is 0. The van der Waals surface area contributed by atoms with Crippen LogP contribution in [0.5, 0.6) is 0 Å². The van der Waals surface area contributed by atoms with Crippen molar-refractivity contribution in [3.8, 4) is 6.07 Å². The Bertz CT molecular complexity index is 705. The van der Waals surface area contributed by atoms with Crippen LogP contribution in [0.15, 0.2) is 18.3 Å². The zero-order valence-electron chi connectivity index (χ0n) is 16.3. The predicted molar refractivity (Wildman–Crippen MR) is 106 cm³/mol. The lowest BCUT2D eigenvalue weighted by atomic mass is 9.95. The van der Waals surface area contributed by atoms with Crippen molar-refractivity contribution in [2.24, 2.45) is 11.8 Å². The molecule has 0 bridgehead atoms. The normalized spacial score (nSPS) is 24.2. The first-order valence-corrected chi connectivity index (χ1v) is 10.4. The second kappa shape index (κ2) is 8.89. The molecule has 3 fully saturated rings. The average molecular weight is 383 g/mol. The van der Waals surface area contributed by atoms with E-state index in [0.29, 0.717) is 30.4 Å². The topological polar surface area (TPSA) is 81.5 Å². The molecule has 4 rings (SSSR count). The van der Waals surface area contributed by atoms with Crippen LogP contribution in [0.3, 0.4) is 0 Å². The van der Waals surface area contributed by atoms with E-state index in [9.17, 15) is 4.79 Å². The molecule has 150 valence electrons. The number of ether oxygens (including phenoxy) is 1. The standard InChI is InChI=1S/C21H29N5O2/c22-9-18-3-4-20(23-10-18)24-11-19-14-26(21(27)15-28-19)13-17-5-7-25(8-6-17)12-16-1-2-16/h3-4,10,16-17,19H,1-2,5-8,11-15H2,(H,23,24)/t19-/m1/s1. The van der Waals surface area contributed by atoms with E-state index in [4.69, 9.17) is 10.00 Å². The van der Waals surface area contributed by atoms with Crippen molar-refractivity contribution in [1.82, 2.24) is 14.8 Å². The van der Waals surface area contributed by atoms with Crippen molar-refractivity contribution in [3.63, 3.8) is 0 Å². The van der Waals surface area contributed by atoms with Crippen LogP contribution in [0.4, 0.5) is 5.82 Å². The highest BCUT2D eigenvalue weighted by Gasteiger charge is 2.31. The van der Waals surface area contributed by atoms with Gasteiger partial charge in [-0.25, -0.2) is 4.98 Å². The van der Waals surface area contributed by atoms with Gasteiger partial charge in [-0.2, -0.15) is 5.26 Å². The Labute approximate surface area is 166 Å². The van der Waals surface area contributed by atoms with Gasteiger partial charge < -0.3 is 19.9 Å². The van der Waals surface area contributed by atoms with Gasteiger partial charge >= 0.3 is 0 Å². The van der Waals surface area contributed by atoms with Crippen molar-refractivity contribution >= 4 is 11.7 Å². The molecule has 2 saturated heterocycles. The molecule has 1 aromatic heterocycles. The summed E-state index contributed by atoms with van der Waals surface area (Å²) in [6, 6.07) is 5.59.